The van der Waals surface area contributed by atoms with Gasteiger partial charge >= 0.3 is 5.97 Å². The number of hydrogen-bond acceptors (Lipinski definition) is 6. The first kappa shape index (κ1) is 21.1. The highest BCUT2D eigenvalue weighted by molar-refractivity contribution is 6.11. The minimum Gasteiger partial charge on any atom is -0.464 e. The summed E-state index contributed by atoms with van der Waals surface area (Å²) >= 11 is 0. The summed E-state index contributed by atoms with van der Waals surface area (Å²) in [7, 11) is 4.48. The first-order valence-corrected chi connectivity index (χ1v) is 9.88. The van der Waals surface area contributed by atoms with Crippen LogP contribution in [0.3, 0.4) is 0 Å². The second-order valence-corrected chi connectivity index (χ2v) is 8.45. The van der Waals surface area contributed by atoms with Crippen LogP contribution in [0, 0.1) is 5.41 Å². The Morgan fingerprint density at radius 1 is 1.34 bits per heavy atom. The summed E-state index contributed by atoms with van der Waals surface area (Å²) in [6.07, 6.45) is 6.40. The molecule has 2 aromatic heterocycles. The molecule has 1 aliphatic carbocycles. The molecule has 2 aromatic rings. The number of nitrogens with one attached hydrogen (secondary N) is 2. The van der Waals surface area contributed by atoms with Crippen LogP contribution in [-0.4, -0.2) is 48.3 Å². The summed E-state index contributed by atoms with van der Waals surface area (Å²) in [6, 6.07) is 2.30. The predicted octanol–water partition coefficient (Wildman–Crippen LogP) is 3.33. The number of esters is 1. The number of amides is 1. The standard InChI is InChI=1S/C21H30N4O4/c1-21(2)8-6-7-13(10-21)23-14-9-15-17(24-16(26)12-28-4)18(20(27)29-5)25(3)19(15)22-11-14/h9,11,13,23H,6-8,10,12H2,1-5H3,(H,24,26)/t13-/m0/s1. The van der Waals surface area contributed by atoms with Crippen molar-refractivity contribution in [2.45, 2.75) is 45.6 Å². The van der Waals surface area contributed by atoms with E-state index in [1.165, 1.54) is 27.1 Å². The van der Waals surface area contributed by atoms with Crippen LogP contribution in [0.1, 0.15) is 50.0 Å². The van der Waals surface area contributed by atoms with Gasteiger partial charge in [-0.2, -0.15) is 0 Å². The lowest BCUT2D eigenvalue weighted by Gasteiger charge is -2.36. The maximum atomic E-state index is 12.4. The number of carbonyl (C=O) groups is 2. The van der Waals surface area contributed by atoms with Crippen molar-refractivity contribution in [1.82, 2.24) is 9.55 Å². The highest BCUT2D eigenvalue weighted by Gasteiger charge is 2.28. The van der Waals surface area contributed by atoms with Gasteiger partial charge in [0, 0.05) is 25.6 Å². The van der Waals surface area contributed by atoms with E-state index in [9.17, 15) is 9.59 Å². The van der Waals surface area contributed by atoms with Gasteiger partial charge in [0.05, 0.1) is 24.7 Å². The van der Waals surface area contributed by atoms with Gasteiger partial charge < -0.3 is 24.7 Å². The Bertz CT molecular complexity index is 919. The number of hydrogen-bond donors (Lipinski definition) is 2. The van der Waals surface area contributed by atoms with E-state index in [0.29, 0.717) is 28.2 Å². The van der Waals surface area contributed by atoms with Crippen molar-refractivity contribution in [3.8, 4) is 0 Å². The number of fused-ring (bicyclic) bond motifs is 1. The van der Waals surface area contributed by atoms with Crippen LogP contribution < -0.4 is 10.6 Å². The van der Waals surface area contributed by atoms with E-state index in [1.54, 1.807) is 17.8 Å². The maximum Gasteiger partial charge on any atom is 0.356 e. The fraction of sp³-hybridized carbons (Fsp3) is 0.571. The Hall–Kier alpha value is -2.61. The fourth-order valence-corrected chi connectivity index (χ4v) is 4.21. The van der Waals surface area contributed by atoms with Crippen molar-refractivity contribution in [3.63, 3.8) is 0 Å². The third-order valence-electron chi connectivity index (χ3n) is 5.52. The SMILES string of the molecule is COCC(=O)Nc1c(C(=O)OC)n(C)c2ncc(N[C@H]3CCCC(C)(C)C3)cc12. The Morgan fingerprint density at radius 2 is 2.10 bits per heavy atom. The van der Waals surface area contributed by atoms with Crippen molar-refractivity contribution in [2.75, 3.05) is 31.5 Å². The van der Waals surface area contributed by atoms with Crippen molar-refractivity contribution >= 4 is 34.3 Å². The molecule has 1 amide bonds. The molecular formula is C21H30N4O4. The number of ether oxygens (including phenoxy) is 2. The fourth-order valence-electron chi connectivity index (χ4n) is 4.21. The first-order chi connectivity index (χ1) is 13.8. The van der Waals surface area contributed by atoms with E-state index in [1.807, 2.05) is 6.07 Å². The summed E-state index contributed by atoms with van der Waals surface area (Å²) in [4.78, 5) is 29.1. The van der Waals surface area contributed by atoms with E-state index in [2.05, 4.69) is 29.5 Å². The molecule has 0 saturated heterocycles. The Labute approximate surface area is 171 Å². The molecule has 1 atom stereocenters. The molecule has 0 bridgehead atoms. The summed E-state index contributed by atoms with van der Waals surface area (Å²) in [5.41, 5.74) is 2.40. The summed E-state index contributed by atoms with van der Waals surface area (Å²) in [5.74, 6) is -0.890. The molecule has 8 heteroatoms. The normalized spacial score (nSPS) is 18.4. The average molecular weight is 402 g/mol. The topological polar surface area (TPSA) is 94.5 Å². The van der Waals surface area contributed by atoms with Crippen molar-refractivity contribution < 1.29 is 19.1 Å². The van der Waals surface area contributed by atoms with E-state index in [4.69, 9.17) is 9.47 Å². The zero-order chi connectivity index (χ0) is 21.2. The van der Waals surface area contributed by atoms with Gasteiger partial charge in [-0.25, -0.2) is 9.78 Å². The number of carbonyl (C=O) groups excluding carboxylic acids is 2. The molecule has 0 aliphatic heterocycles. The monoisotopic (exact) mass is 402 g/mol. The third kappa shape index (κ3) is 4.53. The Balaban J connectivity index is 1.99. The number of rotatable bonds is 6. The Kier molecular flexibility index (Phi) is 6.12. The molecule has 2 N–H and O–H groups in total. The summed E-state index contributed by atoms with van der Waals surface area (Å²) in [5, 5.41) is 7.04. The average Bonchev–Trinajstić information content (AvgIpc) is 2.92. The van der Waals surface area contributed by atoms with Gasteiger partial charge in [-0.1, -0.05) is 20.3 Å². The number of aryl methyl sites for hydroxylation is 1. The number of nitrogens with zero attached hydrogens (tertiary/aromatic N) is 2. The van der Waals surface area contributed by atoms with Crippen LogP contribution in [0.4, 0.5) is 11.4 Å². The zero-order valence-corrected chi connectivity index (χ0v) is 17.8. The molecule has 158 valence electrons. The highest BCUT2D eigenvalue weighted by Crippen LogP contribution is 2.37. The van der Waals surface area contributed by atoms with E-state index < -0.39 is 5.97 Å². The quantitative estimate of drug-likeness (QED) is 0.720. The molecule has 0 spiro atoms. The molecular weight excluding hydrogens is 372 g/mol. The molecule has 0 radical (unpaired) electrons. The van der Waals surface area contributed by atoms with Gasteiger partial charge in [0.1, 0.15) is 12.3 Å². The lowest BCUT2D eigenvalue weighted by atomic mass is 9.75. The van der Waals surface area contributed by atoms with Crippen molar-refractivity contribution in [2.24, 2.45) is 12.5 Å². The van der Waals surface area contributed by atoms with Gasteiger partial charge in [0.2, 0.25) is 5.91 Å². The lowest BCUT2D eigenvalue weighted by Crippen LogP contribution is -2.31. The Morgan fingerprint density at radius 3 is 2.76 bits per heavy atom. The van der Waals surface area contributed by atoms with Gasteiger partial charge in [-0.05, 0) is 30.7 Å². The molecule has 1 saturated carbocycles. The smallest absolute Gasteiger partial charge is 0.356 e. The second kappa shape index (κ2) is 8.41. The molecule has 8 nitrogen and oxygen atoms in total. The van der Waals surface area contributed by atoms with Crippen LogP contribution in [0.2, 0.25) is 0 Å². The minimum absolute atomic E-state index is 0.112. The van der Waals surface area contributed by atoms with Crippen molar-refractivity contribution in [1.29, 1.82) is 0 Å². The molecule has 3 rings (SSSR count). The summed E-state index contributed by atoms with van der Waals surface area (Å²) < 4.78 is 11.5. The number of pyridine rings is 1. The van der Waals surface area contributed by atoms with Crippen LogP contribution in [0.5, 0.6) is 0 Å². The van der Waals surface area contributed by atoms with Gasteiger partial charge in [0.25, 0.3) is 0 Å². The van der Waals surface area contributed by atoms with Gasteiger partial charge in [-0.15, -0.1) is 0 Å². The van der Waals surface area contributed by atoms with E-state index in [-0.39, 0.29) is 18.2 Å². The number of methoxy groups -OCH3 is 2. The van der Waals surface area contributed by atoms with E-state index >= 15 is 0 Å². The molecule has 0 aromatic carbocycles. The van der Waals surface area contributed by atoms with Gasteiger partial charge in [-0.3, -0.25) is 4.79 Å². The van der Waals surface area contributed by atoms with Crippen molar-refractivity contribution in [3.05, 3.63) is 18.0 Å². The number of anilines is 2. The minimum atomic E-state index is -0.540. The lowest BCUT2D eigenvalue weighted by molar-refractivity contribution is -0.119. The predicted molar refractivity (Wildman–Crippen MR) is 112 cm³/mol. The molecule has 1 fully saturated rings. The largest absolute Gasteiger partial charge is 0.464 e. The summed E-state index contributed by atoms with van der Waals surface area (Å²) in [6.45, 7) is 4.48. The van der Waals surface area contributed by atoms with Crippen LogP contribution in [-0.2, 0) is 21.3 Å². The second-order valence-electron chi connectivity index (χ2n) is 8.45. The van der Waals surface area contributed by atoms with Gasteiger partial charge in [0.15, 0.2) is 5.69 Å². The van der Waals surface area contributed by atoms with Crippen LogP contribution in [0.25, 0.3) is 11.0 Å². The number of aromatic nitrogens is 2. The molecule has 29 heavy (non-hydrogen) atoms. The van der Waals surface area contributed by atoms with Crippen LogP contribution >= 0.6 is 0 Å². The third-order valence-corrected chi connectivity index (χ3v) is 5.52. The zero-order valence-electron chi connectivity index (χ0n) is 17.8. The maximum absolute atomic E-state index is 12.4. The molecule has 2 heterocycles. The first-order valence-electron chi connectivity index (χ1n) is 9.88. The van der Waals surface area contributed by atoms with Crippen LogP contribution in [0.15, 0.2) is 12.3 Å². The molecule has 1 aliphatic rings. The van der Waals surface area contributed by atoms with E-state index in [0.717, 1.165) is 18.5 Å². The highest BCUT2D eigenvalue weighted by atomic mass is 16.5. The molecule has 0 unspecified atom stereocenters.